The Bertz CT molecular complexity index is 426. The second-order valence-electron chi connectivity index (χ2n) is 3.27. The van der Waals surface area contributed by atoms with E-state index in [0.717, 1.165) is 6.07 Å². The highest BCUT2D eigenvalue weighted by molar-refractivity contribution is 6.00. The van der Waals surface area contributed by atoms with Crippen molar-refractivity contribution in [2.45, 2.75) is 19.5 Å². The summed E-state index contributed by atoms with van der Waals surface area (Å²) >= 11 is 0. The zero-order valence-corrected chi connectivity index (χ0v) is 9.31. The van der Waals surface area contributed by atoms with Crippen LogP contribution in [0.25, 0.3) is 0 Å². The fourth-order valence-electron chi connectivity index (χ4n) is 1.36. The Balaban J connectivity index is 3.17. The first-order chi connectivity index (χ1) is 7.90. The van der Waals surface area contributed by atoms with Gasteiger partial charge in [-0.25, -0.2) is 4.39 Å². The number of rotatable bonds is 3. The summed E-state index contributed by atoms with van der Waals surface area (Å²) in [5, 5.41) is 3.61. The van der Waals surface area contributed by atoms with Crippen molar-refractivity contribution in [3.05, 3.63) is 35.1 Å². The molecule has 0 aliphatic heterocycles. The topological polar surface area (TPSA) is 21.6 Å². The number of oxime groups is 1. The molecule has 0 aromatic heterocycles. The molecule has 94 valence electrons. The first-order valence-corrected chi connectivity index (χ1v) is 4.87. The predicted octanol–water partition coefficient (Wildman–Crippen LogP) is 3.61. The van der Waals surface area contributed by atoms with E-state index in [2.05, 4.69) is 9.99 Å². The van der Waals surface area contributed by atoms with E-state index >= 15 is 0 Å². The van der Waals surface area contributed by atoms with Crippen LogP contribution in [0.4, 0.5) is 17.6 Å². The van der Waals surface area contributed by atoms with Crippen molar-refractivity contribution in [1.82, 2.24) is 0 Å². The molecule has 0 aliphatic carbocycles. The SMILES string of the molecule is CCC(=NOC)c1ccc(C(F)(F)F)c(F)c1. The standard InChI is InChI=1S/C11H11F4NO/c1-3-10(16-17-2)7-4-5-8(9(12)6-7)11(13,14)15/h4-6H,3H2,1-2H3. The lowest BCUT2D eigenvalue weighted by molar-refractivity contribution is -0.140. The van der Waals surface area contributed by atoms with Crippen LogP contribution in [-0.4, -0.2) is 12.8 Å². The molecule has 0 unspecified atom stereocenters. The Kier molecular flexibility index (Phi) is 4.09. The molecule has 0 N–H and O–H groups in total. The maximum atomic E-state index is 13.3. The monoisotopic (exact) mass is 249 g/mol. The lowest BCUT2D eigenvalue weighted by atomic mass is 10.1. The smallest absolute Gasteiger partial charge is 0.399 e. The zero-order valence-electron chi connectivity index (χ0n) is 9.31. The molecule has 0 radical (unpaired) electrons. The van der Waals surface area contributed by atoms with Gasteiger partial charge in [-0.15, -0.1) is 0 Å². The Morgan fingerprint density at radius 3 is 2.41 bits per heavy atom. The van der Waals surface area contributed by atoms with Gasteiger partial charge in [0.25, 0.3) is 0 Å². The maximum Gasteiger partial charge on any atom is 0.419 e. The van der Waals surface area contributed by atoms with Crippen LogP contribution in [0.5, 0.6) is 0 Å². The molecule has 0 spiro atoms. The Morgan fingerprint density at radius 1 is 1.35 bits per heavy atom. The quantitative estimate of drug-likeness (QED) is 0.455. The van der Waals surface area contributed by atoms with Gasteiger partial charge in [0.1, 0.15) is 12.9 Å². The summed E-state index contributed by atoms with van der Waals surface area (Å²) in [6.07, 6.45) is -4.26. The van der Waals surface area contributed by atoms with Crippen LogP contribution in [0.1, 0.15) is 24.5 Å². The molecule has 17 heavy (non-hydrogen) atoms. The number of halogens is 4. The van der Waals surface area contributed by atoms with E-state index in [1.165, 1.54) is 13.2 Å². The summed E-state index contributed by atoms with van der Waals surface area (Å²) in [5.74, 6) is -1.31. The van der Waals surface area contributed by atoms with Gasteiger partial charge in [-0.2, -0.15) is 13.2 Å². The summed E-state index contributed by atoms with van der Waals surface area (Å²) in [5.41, 5.74) is -0.617. The van der Waals surface area contributed by atoms with E-state index in [4.69, 9.17) is 0 Å². The lowest BCUT2D eigenvalue weighted by Crippen LogP contribution is -2.10. The van der Waals surface area contributed by atoms with Gasteiger partial charge in [0.05, 0.1) is 11.3 Å². The summed E-state index contributed by atoms with van der Waals surface area (Å²) in [6.45, 7) is 1.74. The summed E-state index contributed by atoms with van der Waals surface area (Å²) in [7, 11) is 1.32. The Morgan fingerprint density at radius 2 is 2.00 bits per heavy atom. The Labute approximate surface area is 95.9 Å². The predicted molar refractivity (Wildman–Crippen MR) is 55.2 cm³/mol. The van der Waals surface area contributed by atoms with Crippen LogP contribution >= 0.6 is 0 Å². The van der Waals surface area contributed by atoms with Gasteiger partial charge in [0, 0.05) is 5.56 Å². The largest absolute Gasteiger partial charge is 0.419 e. The molecule has 0 atom stereocenters. The third-order valence-corrected chi connectivity index (χ3v) is 2.14. The van der Waals surface area contributed by atoms with Crippen molar-refractivity contribution in [2.24, 2.45) is 5.16 Å². The molecule has 6 heteroatoms. The fraction of sp³-hybridized carbons (Fsp3) is 0.364. The van der Waals surface area contributed by atoms with Crippen LogP contribution in [-0.2, 0) is 11.0 Å². The minimum absolute atomic E-state index is 0.278. The van der Waals surface area contributed by atoms with Gasteiger partial charge < -0.3 is 4.84 Å². The van der Waals surface area contributed by atoms with Gasteiger partial charge in [-0.1, -0.05) is 18.1 Å². The molecular formula is C11H11F4NO. The molecule has 0 fully saturated rings. The molecule has 0 saturated carbocycles. The average molecular weight is 249 g/mol. The minimum atomic E-state index is -4.69. The van der Waals surface area contributed by atoms with E-state index < -0.39 is 17.6 Å². The second-order valence-corrected chi connectivity index (χ2v) is 3.27. The third kappa shape index (κ3) is 3.18. The summed E-state index contributed by atoms with van der Waals surface area (Å²) in [4.78, 5) is 4.53. The number of hydrogen-bond donors (Lipinski definition) is 0. The van der Waals surface area contributed by atoms with Crippen LogP contribution < -0.4 is 0 Å². The molecule has 1 rings (SSSR count). The number of benzene rings is 1. The first-order valence-electron chi connectivity index (χ1n) is 4.87. The Hall–Kier alpha value is -1.59. The third-order valence-electron chi connectivity index (χ3n) is 2.14. The van der Waals surface area contributed by atoms with Crippen molar-refractivity contribution in [3.8, 4) is 0 Å². The van der Waals surface area contributed by atoms with Crippen LogP contribution in [0.3, 0.4) is 0 Å². The fourth-order valence-corrected chi connectivity index (χ4v) is 1.36. The van der Waals surface area contributed by atoms with E-state index in [1.807, 2.05) is 0 Å². The zero-order chi connectivity index (χ0) is 13.1. The van der Waals surface area contributed by atoms with Gasteiger partial charge in [0.15, 0.2) is 0 Å². The van der Waals surface area contributed by atoms with E-state index in [-0.39, 0.29) is 5.56 Å². The number of hydrogen-bond acceptors (Lipinski definition) is 2. The highest BCUT2D eigenvalue weighted by Crippen LogP contribution is 2.31. The normalized spacial score (nSPS) is 12.7. The maximum absolute atomic E-state index is 13.3. The highest BCUT2D eigenvalue weighted by atomic mass is 19.4. The van der Waals surface area contributed by atoms with Gasteiger partial charge in [-0.3, -0.25) is 0 Å². The van der Waals surface area contributed by atoms with Gasteiger partial charge in [0.2, 0.25) is 0 Å². The molecule has 1 aromatic rings. The van der Waals surface area contributed by atoms with Crippen molar-refractivity contribution in [2.75, 3.05) is 7.11 Å². The minimum Gasteiger partial charge on any atom is -0.399 e. The molecule has 0 heterocycles. The lowest BCUT2D eigenvalue weighted by Gasteiger charge is -2.09. The molecular weight excluding hydrogens is 238 g/mol. The van der Waals surface area contributed by atoms with Crippen LogP contribution in [0, 0.1) is 5.82 Å². The van der Waals surface area contributed by atoms with E-state index in [1.54, 1.807) is 6.92 Å². The van der Waals surface area contributed by atoms with Gasteiger partial charge >= 0.3 is 6.18 Å². The van der Waals surface area contributed by atoms with E-state index in [0.29, 0.717) is 18.2 Å². The highest BCUT2D eigenvalue weighted by Gasteiger charge is 2.34. The number of alkyl halides is 3. The van der Waals surface area contributed by atoms with Crippen molar-refractivity contribution < 1.29 is 22.4 Å². The molecule has 0 aliphatic rings. The molecule has 0 saturated heterocycles. The molecule has 2 nitrogen and oxygen atoms in total. The second kappa shape index (κ2) is 5.16. The number of nitrogens with zero attached hydrogens (tertiary/aromatic N) is 1. The first kappa shape index (κ1) is 13.5. The summed E-state index contributed by atoms with van der Waals surface area (Å²) < 4.78 is 50.2. The van der Waals surface area contributed by atoms with Crippen molar-refractivity contribution in [3.63, 3.8) is 0 Å². The van der Waals surface area contributed by atoms with Crippen molar-refractivity contribution >= 4 is 5.71 Å². The van der Waals surface area contributed by atoms with Crippen LogP contribution in [0.2, 0.25) is 0 Å². The molecule has 0 bridgehead atoms. The molecule has 0 amide bonds. The average Bonchev–Trinajstić information content (AvgIpc) is 2.23. The summed E-state index contributed by atoms with van der Waals surface area (Å²) in [6, 6.07) is 2.68. The van der Waals surface area contributed by atoms with Crippen molar-refractivity contribution in [1.29, 1.82) is 0 Å². The van der Waals surface area contributed by atoms with Crippen LogP contribution in [0.15, 0.2) is 23.4 Å². The van der Waals surface area contributed by atoms with Gasteiger partial charge in [-0.05, 0) is 18.6 Å². The molecule has 1 aromatic carbocycles. The van der Waals surface area contributed by atoms with E-state index in [9.17, 15) is 17.6 Å².